The number of esters is 1. The van der Waals surface area contributed by atoms with E-state index in [1.54, 1.807) is 0 Å². The fraction of sp³-hybridized carbons (Fsp3) is 0.462. The van der Waals surface area contributed by atoms with Gasteiger partial charge in [0.25, 0.3) is 5.69 Å². The van der Waals surface area contributed by atoms with Gasteiger partial charge in [0.05, 0.1) is 29.4 Å². The van der Waals surface area contributed by atoms with Crippen LogP contribution in [-0.4, -0.2) is 23.8 Å². The Hall–Kier alpha value is -1.63. The standard InChI is InChI=1S/C13H14FNO4S/c1-19-12(16)7-13(4-5-13)8-20-11-3-2-9(14)6-10(11)15(17)18/h2-3,6H,4-5,7-8H2,1H3. The lowest BCUT2D eigenvalue weighted by molar-refractivity contribution is -0.387. The number of hydrogen-bond donors (Lipinski definition) is 0. The molecule has 1 fully saturated rings. The molecule has 0 saturated heterocycles. The van der Waals surface area contributed by atoms with Crippen molar-refractivity contribution in [2.24, 2.45) is 5.41 Å². The number of nitro benzene ring substituents is 1. The van der Waals surface area contributed by atoms with Gasteiger partial charge in [0.1, 0.15) is 5.82 Å². The van der Waals surface area contributed by atoms with E-state index in [0.29, 0.717) is 17.1 Å². The Balaban J connectivity index is 2.04. The highest BCUT2D eigenvalue weighted by Crippen LogP contribution is 2.52. The van der Waals surface area contributed by atoms with Crippen LogP contribution in [0.4, 0.5) is 10.1 Å². The van der Waals surface area contributed by atoms with Crippen LogP contribution >= 0.6 is 11.8 Å². The summed E-state index contributed by atoms with van der Waals surface area (Å²) in [4.78, 5) is 22.0. The van der Waals surface area contributed by atoms with Gasteiger partial charge in [-0.2, -0.15) is 0 Å². The fourth-order valence-electron chi connectivity index (χ4n) is 1.91. The minimum atomic E-state index is -0.628. The van der Waals surface area contributed by atoms with E-state index in [0.717, 1.165) is 18.9 Å². The molecule has 1 saturated carbocycles. The van der Waals surface area contributed by atoms with E-state index >= 15 is 0 Å². The van der Waals surface area contributed by atoms with Crippen LogP contribution in [0.2, 0.25) is 0 Å². The molecule has 1 aliphatic carbocycles. The third kappa shape index (κ3) is 3.47. The third-order valence-corrected chi connectivity index (χ3v) is 4.77. The molecule has 0 amide bonds. The third-order valence-electron chi connectivity index (χ3n) is 3.36. The summed E-state index contributed by atoms with van der Waals surface area (Å²) >= 11 is 1.29. The van der Waals surface area contributed by atoms with Crippen molar-refractivity contribution < 1.29 is 18.8 Å². The molecule has 0 bridgehead atoms. The lowest BCUT2D eigenvalue weighted by Crippen LogP contribution is -2.13. The second-order valence-corrected chi connectivity index (χ2v) is 5.93. The Kier molecular flexibility index (Phi) is 4.27. The number of thioether (sulfide) groups is 1. The minimum absolute atomic E-state index is 0.125. The SMILES string of the molecule is COC(=O)CC1(CSc2ccc(F)cc2[N+](=O)[O-])CC1. The Morgan fingerprint density at radius 3 is 2.80 bits per heavy atom. The predicted octanol–water partition coefficient (Wildman–Crippen LogP) is 3.17. The summed E-state index contributed by atoms with van der Waals surface area (Å²) in [7, 11) is 1.34. The number of hydrogen-bond acceptors (Lipinski definition) is 5. The highest BCUT2D eigenvalue weighted by atomic mass is 32.2. The Morgan fingerprint density at radius 2 is 2.25 bits per heavy atom. The molecule has 20 heavy (non-hydrogen) atoms. The highest BCUT2D eigenvalue weighted by Gasteiger charge is 2.44. The van der Waals surface area contributed by atoms with E-state index in [2.05, 4.69) is 4.74 Å². The first kappa shape index (κ1) is 14.8. The van der Waals surface area contributed by atoms with E-state index in [9.17, 15) is 19.3 Å². The average Bonchev–Trinajstić information content (AvgIpc) is 3.17. The van der Waals surface area contributed by atoms with Crippen molar-refractivity contribution in [2.45, 2.75) is 24.2 Å². The molecule has 1 aliphatic rings. The topological polar surface area (TPSA) is 69.4 Å². The second kappa shape index (κ2) is 5.78. The van der Waals surface area contributed by atoms with Gasteiger partial charge < -0.3 is 4.74 Å². The lowest BCUT2D eigenvalue weighted by Gasteiger charge is -2.13. The van der Waals surface area contributed by atoms with Crippen LogP contribution in [0.1, 0.15) is 19.3 Å². The summed E-state index contributed by atoms with van der Waals surface area (Å²) in [5, 5.41) is 10.9. The largest absolute Gasteiger partial charge is 0.469 e. The zero-order valence-electron chi connectivity index (χ0n) is 10.9. The molecule has 5 nitrogen and oxygen atoms in total. The molecule has 0 spiro atoms. The number of ether oxygens (including phenoxy) is 1. The van der Waals surface area contributed by atoms with Gasteiger partial charge in [0, 0.05) is 5.75 Å². The molecule has 1 aromatic carbocycles. The summed E-state index contributed by atoms with van der Waals surface area (Å²) in [5.74, 6) is -0.303. The van der Waals surface area contributed by atoms with Crippen molar-refractivity contribution in [1.29, 1.82) is 0 Å². The molecular formula is C13H14FNO4S. The minimum Gasteiger partial charge on any atom is -0.469 e. The molecule has 108 valence electrons. The van der Waals surface area contributed by atoms with Crippen molar-refractivity contribution in [3.8, 4) is 0 Å². The van der Waals surface area contributed by atoms with Crippen LogP contribution in [0.25, 0.3) is 0 Å². The summed E-state index contributed by atoms with van der Waals surface area (Å²) in [5.41, 5.74) is -0.358. The fourth-order valence-corrected chi connectivity index (χ4v) is 3.21. The van der Waals surface area contributed by atoms with E-state index in [1.165, 1.54) is 31.0 Å². The van der Waals surface area contributed by atoms with Crippen molar-refractivity contribution in [3.05, 3.63) is 34.1 Å². The first-order chi connectivity index (χ1) is 9.46. The molecule has 0 heterocycles. The van der Waals surface area contributed by atoms with Crippen LogP contribution in [-0.2, 0) is 9.53 Å². The zero-order chi connectivity index (χ0) is 14.8. The Labute approximate surface area is 119 Å². The van der Waals surface area contributed by atoms with Crippen LogP contribution in [0, 0.1) is 21.3 Å². The number of nitro groups is 1. The number of carbonyl (C=O) groups excluding carboxylic acids is 1. The number of halogens is 1. The van der Waals surface area contributed by atoms with Gasteiger partial charge >= 0.3 is 5.97 Å². The van der Waals surface area contributed by atoms with Gasteiger partial charge in [-0.05, 0) is 30.4 Å². The van der Waals surface area contributed by atoms with Crippen LogP contribution in [0.15, 0.2) is 23.1 Å². The first-order valence-electron chi connectivity index (χ1n) is 6.09. The molecule has 2 rings (SSSR count). The molecule has 0 atom stereocenters. The molecule has 0 unspecified atom stereocenters. The van der Waals surface area contributed by atoms with Crippen molar-refractivity contribution in [3.63, 3.8) is 0 Å². The average molecular weight is 299 g/mol. The van der Waals surface area contributed by atoms with E-state index in [4.69, 9.17) is 0 Å². The second-order valence-electron chi connectivity index (χ2n) is 4.91. The summed E-state index contributed by atoms with van der Waals surface area (Å²) in [6, 6.07) is 3.53. The van der Waals surface area contributed by atoms with Crippen molar-refractivity contribution in [1.82, 2.24) is 0 Å². The van der Waals surface area contributed by atoms with E-state index in [-0.39, 0.29) is 17.1 Å². The summed E-state index contributed by atoms with van der Waals surface area (Å²) in [6.07, 6.45) is 2.14. The maximum atomic E-state index is 13.0. The molecule has 0 aliphatic heterocycles. The van der Waals surface area contributed by atoms with Crippen molar-refractivity contribution in [2.75, 3.05) is 12.9 Å². The smallest absolute Gasteiger partial charge is 0.306 e. The monoisotopic (exact) mass is 299 g/mol. The quantitative estimate of drug-likeness (QED) is 0.349. The molecule has 7 heteroatoms. The zero-order valence-corrected chi connectivity index (χ0v) is 11.7. The van der Waals surface area contributed by atoms with Crippen LogP contribution in [0.3, 0.4) is 0 Å². The number of rotatable bonds is 6. The van der Waals surface area contributed by atoms with Gasteiger partial charge in [-0.25, -0.2) is 4.39 Å². The van der Waals surface area contributed by atoms with Gasteiger partial charge in [-0.15, -0.1) is 11.8 Å². The molecule has 1 aromatic rings. The summed E-state index contributed by atoms with van der Waals surface area (Å²) < 4.78 is 17.7. The normalized spacial score (nSPS) is 15.7. The molecule has 0 radical (unpaired) electrons. The Morgan fingerprint density at radius 1 is 1.55 bits per heavy atom. The number of nitrogens with zero attached hydrogens (tertiary/aromatic N) is 1. The van der Waals surface area contributed by atoms with E-state index in [1.807, 2.05) is 0 Å². The number of methoxy groups -OCH3 is 1. The first-order valence-corrected chi connectivity index (χ1v) is 7.08. The molecule has 0 N–H and O–H groups in total. The molecular weight excluding hydrogens is 285 g/mol. The predicted molar refractivity (Wildman–Crippen MR) is 72.1 cm³/mol. The number of benzene rings is 1. The van der Waals surface area contributed by atoms with Crippen molar-refractivity contribution >= 4 is 23.4 Å². The Bertz CT molecular complexity index is 545. The maximum Gasteiger partial charge on any atom is 0.306 e. The molecule has 0 aromatic heterocycles. The van der Waals surface area contributed by atoms with Gasteiger partial charge in [0.2, 0.25) is 0 Å². The van der Waals surface area contributed by atoms with Gasteiger partial charge in [0.15, 0.2) is 0 Å². The van der Waals surface area contributed by atoms with E-state index < -0.39 is 10.7 Å². The lowest BCUT2D eigenvalue weighted by atomic mass is 10.1. The van der Waals surface area contributed by atoms with Crippen LogP contribution in [0.5, 0.6) is 0 Å². The number of carbonyl (C=O) groups is 1. The summed E-state index contributed by atoms with van der Waals surface area (Å²) in [6.45, 7) is 0. The highest BCUT2D eigenvalue weighted by molar-refractivity contribution is 7.99. The van der Waals surface area contributed by atoms with Gasteiger partial charge in [-0.1, -0.05) is 0 Å². The van der Waals surface area contributed by atoms with Gasteiger partial charge in [-0.3, -0.25) is 14.9 Å². The maximum absolute atomic E-state index is 13.0. The van der Waals surface area contributed by atoms with Crippen LogP contribution < -0.4 is 0 Å².